The Morgan fingerprint density at radius 3 is 2.96 bits per heavy atom. The van der Waals surface area contributed by atoms with Crippen molar-refractivity contribution < 1.29 is 14.3 Å². The third-order valence-corrected chi connectivity index (χ3v) is 5.46. The van der Waals surface area contributed by atoms with Crippen molar-refractivity contribution in [3.05, 3.63) is 12.3 Å². The first-order valence-corrected chi connectivity index (χ1v) is 9.07. The molecule has 3 fully saturated rings. The molecule has 7 nitrogen and oxygen atoms in total. The van der Waals surface area contributed by atoms with Crippen molar-refractivity contribution in [1.82, 2.24) is 14.7 Å². The van der Waals surface area contributed by atoms with Gasteiger partial charge in [-0.3, -0.25) is 5.32 Å². The van der Waals surface area contributed by atoms with Gasteiger partial charge in [-0.05, 0) is 19.3 Å². The first-order chi connectivity index (χ1) is 11.8. The second kappa shape index (κ2) is 6.72. The number of nitrogens with zero attached hydrogens (tertiary/aromatic N) is 3. The third-order valence-electron chi connectivity index (χ3n) is 5.46. The Morgan fingerprint density at radius 2 is 2.17 bits per heavy atom. The Bertz CT molecular complexity index is 571. The highest BCUT2D eigenvalue weighted by Gasteiger charge is 2.39. The van der Waals surface area contributed by atoms with Gasteiger partial charge in [0.25, 0.3) is 0 Å². The van der Waals surface area contributed by atoms with Crippen LogP contribution in [0.2, 0.25) is 0 Å². The summed E-state index contributed by atoms with van der Waals surface area (Å²) in [4.78, 5) is 14.6. The fourth-order valence-corrected chi connectivity index (χ4v) is 4.12. The van der Waals surface area contributed by atoms with E-state index in [-0.39, 0.29) is 17.7 Å². The Balaban J connectivity index is 1.42. The molecule has 132 valence electrons. The number of amides is 2. The van der Waals surface area contributed by atoms with E-state index in [4.69, 9.17) is 9.47 Å². The van der Waals surface area contributed by atoms with E-state index in [0.717, 1.165) is 31.7 Å². The minimum atomic E-state index is -0.118. The lowest BCUT2D eigenvalue weighted by molar-refractivity contribution is -0.115. The molecule has 1 spiro atoms. The van der Waals surface area contributed by atoms with Crippen molar-refractivity contribution in [3.63, 3.8) is 0 Å². The summed E-state index contributed by atoms with van der Waals surface area (Å²) in [6.45, 7) is 3.38. The van der Waals surface area contributed by atoms with Crippen molar-refractivity contribution in [1.29, 1.82) is 0 Å². The van der Waals surface area contributed by atoms with Gasteiger partial charge in [-0.1, -0.05) is 19.3 Å². The van der Waals surface area contributed by atoms with Crippen LogP contribution >= 0.6 is 0 Å². The summed E-state index contributed by atoms with van der Waals surface area (Å²) in [7, 11) is 0. The maximum atomic E-state index is 12.7. The highest BCUT2D eigenvalue weighted by molar-refractivity contribution is 5.88. The molecule has 2 aliphatic heterocycles. The number of anilines is 1. The van der Waals surface area contributed by atoms with Crippen molar-refractivity contribution >= 4 is 11.8 Å². The molecule has 3 aliphatic rings. The molecule has 2 saturated heterocycles. The van der Waals surface area contributed by atoms with Crippen LogP contribution in [0.3, 0.4) is 0 Å². The topological polar surface area (TPSA) is 68.6 Å². The first kappa shape index (κ1) is 15.9. The lowest BCUT2D eigenvalue weighted by Gasteiger charge is -2.44. The van der Waals surface area contributed by atoms with Crippen LogP contribution in [0.5, 0.6) is 0 Å². The van der Waals surface area contributed by atoms with Crippen LogP contribution in [-0.4, -0.2) is 59.2 Å². The van der Waals surface area contributed by atoms with Crippen LogP contribution in [0.1, 0.15) is 44.6 Å². The van der Waals surface area contributed by atoms with Crippen molar-refractivity contribution in [3.8, 4) is 0 Å². The second-order valence-corrected chi connectivity index (χ2v) is 7.12. The summed E-state index contributed by atoms with van der Waals surface area (Å²) in [6, 6.07) is 2.01. The molecule has 2 amide bonds. The average Bonchev–Trinajstić information content (AvgIpc) is 3.26. The van der Waals surface area contributed by atoms with E-state index in [9.17, 15) is 4.79 Å². The number of hydrogen-bond acceptors (Lipinski definition) is 4. The van der Waals surface area contributed by atoms with Gasteiger partial charge in [-0.2, -0.15) is 5.10 Å². The number of aromatic nitrogens is 2. The Hall–Kier alpha value is -1.60. The van der Waals surface area contributed by atoms with E-state index >= 15 is 0 Å². The number of ether oxygens (including phenoxy) is 2. The smallest absolute Gasteiger partial charge is 0.323 e. The zero-order chi connectivity index (χ0) is 16.4. The van der Waals surface area contributed by atoms with Crippen LogP contribution in [0.4, 0.5) is 10.6 Å². The summed E-state index contributed by atoms with van der Waals surface area (Å²) in [5.74, 6) is 0.750. The summed E-state index contributed by atoms with van der Waals surface area (Å²) < 4.78 is 13.4. The molecule has 1 aromatic rings. The maximum Gasteiger partial charge on any atom is 0.323 e. The highest BCUT2D eigenvalue weighted by Crippen LogP contribution is 2.34. The largest absolute Gasteiger partial charge is 0.379 e. The molecule has 0 aromatic carbocycles. The van der Waals surface area contributed by atoms with Crippen LogP contribution < -0.4 is 5.32 Å². The monoisotopic (exact) mass is 334 g/mol. The van der Waals surface area contributed by atoms with Crippen molar-refractivity contribution in [2.75, 3.05) is 38.2 Å². The molecule has 1 aliphatic carbocycles. The normalized spacial score (nSPS) is 26.7. The van der Waals surface area contributed by atoms with Crippen LogP contribution in [0.25, 0.3) is 0 Å². The summed E-state index contributed by atoms with van der Waals surface area (Å²) in [5, 5.41) is 7.39. The minimum absolute atomic E-state index is 0.0519. The fraction of sp³-hybridized carbons (Fsp3) is 0.765. The first-order valence-electron chi connectivity index (χ1n) is 9.07. The maximum absolute atomic E-state index is 12.7. The SMILES string of the molecule is O=C(Nc1ccnn1C1CCOC1)N1CCOC2(CCCCC2)C1. The fourth-order valence-electron chi connectivity index (χ4n) is 4.12. The number of hydrogen-bond donors (Lipinski definition) is 1. The zero-order valence-electron chi connectivity index (χ0n) is 14.1. The van der Waals surface area contributed by atoms with Crippen molar-refractivity contribution in [2.24, 2.45) is 0 Å². The van der Waals surface area contributed by atoms with Crippen molar-refractivity contribution in [2.45, 2.75) is 50.2 Å². The number of urea groups is 1. The van der Waals surface area contributed by atoms with Gasteiger partial charge in [0.05, 0.1) is 37.6 Å². The average molecular weight is 334 g/mol. The molecule has 7 heteroatoms. The minimum Gasteiger partial charge on any atom is -0.379 e. The number of nitrogens with one attached hydrogen (secondary N) is 1. The van der Waals surface area contributed by atoms with E-state index < -0.39 is 0 Å². The molecule has 4 rings (SSSR count). The molecule has 1 unspecified atom stereocenters. The van der Waals surface area contributed by atoms with E-state index in [1.54, 1.807) is 6.20 Å². The molecule has 1 aromatic heterocycles. The number of carbonyl (C=O) groups is 1. The number of carbonyl (C=O) groups excluding carboxylic acids is 1. The predicted octanol–water partition coefficient (Wildman–Crippen LogP) is 2.41. The molecule has 24 heavy (non-hydrogen) atoms. The molecule has 0 radical (unpaired) electrons. The lowest BCUT2D eigenvalue weighted by Crippen LogP contribution is -2.55. The molecule has 0 bridgehead atoms. The van der Waals surface area contributed by atoms with Crippen LogP contribution in [0.15, 0.2) is 12.3 Å². The van der Waals surface area contributed by atoms with Gasteiger partial charge in [-0.15, -0.1) is 0 Å². The Kier molecular flexibility index (Phi) is 4.45. The van der Waals surface area contributed by atoms with Gasteiger partial charge in [-0.25, -0.2) is 9.48 Å². The standard InChI is InChI=1S/C17H26N4O3/c22-16(19-15-4-8-18-21(15)14-5-10-23-12-14)20-9-11-24-17(13-20)6-2-1-3-7-17/h4,8,14H,1-3,5-7,9-13H2,(H,19,22). The van der Waals surface area contributed by atoms with Crippen LogP contribution in [-0.2, 0) is 9.47 Å². The van der Waals surface area contributed by atoms with Crippen LogP contribution in [0, 0.1) is 0 Å². The third kappa shape index (κ3) is 3.15. The predicted molar refractivity (Wildman–Crippen MR) is 89.1 cm³/mol. The van der Waals surface area contributed by atoms with Gasteiger partial charge in [0.2, 0.25) is 0 Å². The lowest BCUT2D eigenvalue weighted by atomic mass is 9.83. The molecule has 3 heterocycles. The van der Waals surface area contributed by atoms with Gasteiger partial charge in [0.1, 0.15) is 5.82 Å². The van der Waals surface area contributed by atoms with Gasteiger partial charge < -0.3 is 14.4 Å². The number of rotatable bonds is 2. The molecule has 1 N–H and O–H groups in total. The summed E-state index contributed by atoms with van der Waals surface area (Å²) >= 11 is 0. The van der Waals surface area contributed by atoms with E-state index in [2.05, 4.69) is 10.4 Å². The highest BCUT2D eigenvalue weighted by atomic mass is 16.5. The van der Waals surface area contributed by atoms with E-state index in [0.29, 0.717) is 26.3 Å². The van der Waals surface area contributed by atoms with Gasteiger partial charge >= 0.3 is 6.03 Å². The van der Waals surface area contributed by atoms with E-state index in [1.807, 2.05) is 15.6 Å². The summed E-state index contributed by atoms with van der Waals surface area (Å²) in [5.41, 5.74) is -0.118. The summed E-state index contributed by atoms with van der Waals surface area (Å²) in [6.07, 6.45) is 8.47. The van der Waals surface area contributed by atoms with E-state index in [1.165, 1.54) is 19.3 Å². The van der Waals surface area contributed by atoms with Gasteiger partial charge in [0, 0.05) is 19.2 Å². The Labute approximate surface area is 142 Å². The quantitative estimate of drug-likeness (QED) is 0.902. The second-order valence-electron chi connectivity index (χ2n) is 7.12. The zero-order valence-corrected chi connectivity index (χ0v) is 14.1. The molecule has 1 atom stereocenters. The molecular weight excluding hydrogens is 308 g/mol. The Morgan fingerprint density at radius 1 is 1.29 bits per heavy atom. The molecular formula is C17H26N4O3. The van der Waals surface area contributed by atoms with Gasteiger partial charge in [0.15, 0.2) is 0 Å². The molecule has 1 saturated carbocycles. The number of morpholine rings is 1.